The van der Waals surface area contributed by atoms with Gasteiger partial charge in [0.2, 0.25) is 5.91 Å². The Labute approximate surface area is 119 Å². The minimum Gasteiger partial charge on any atom is -0.493 e. The molecule has 0 saturated carbocycles. The fourth-order valence-electron chi connectivity index (χ4n) is 1.84. The minimum atomic E-state index is -0.677. The molecule has 1 aromatic rings. The Morgan fingerprint density at radius 1 is 1.35 bits per heavy atom. The molecule has 1 aromatic carbocycles. The molecule has 20 heavy (non-hydrogen) atoms. The van der Waals surface area contributed by atoms with E-state index in [-0.39, 0.29) is 25.5 Å². The Morgan fingerprint density at radius 3 is 2.60 bits per heavy atom. The lowest BCUT2D eigenvalue weighted by atomic mass is 10.1. The molecule has 0 heterocycles. The smallest absolute Gasteiger partial charge is 0.223 e. The summed E-state index contributed by atoms with van der Waals surface area (Å²) in [7, 11) is 1.50. The summed E-state index contributed by atoms with van der Waals surface area (Å²) in [6.45, 7) is 4.67. The standard InChI is InChI=1S/C15H23NO4/c1-11-5-4-6-12(2)15(11)20-8-7-14(18)16-9-13(17)10-19-3/h4-6,13,17H,7-10H2,1-3H3,(H,16,18). The van der Waals surface area contributed by atoms with E-state index in [2.05, 4.69) is 5.32 Å². The van der Waals surface area contributed by atoms with Crippen molar-refractivity contribution in [2.75, 3.05) is 26.9 Å². The van der Waals surface area contributed by atoms with Crippen molar-refractivity contribution in [3.8, 4) is 5.75 Å². The Bertz CT molecular complexity index is 414. The highest BCUT2D eigenvalue weighted by molar-refractivity contribution is 5.76. The van der Waals surface area contributed by atoms with Crippen molar-refractivity contribution >= 4 is 5.91 Å². The number of carbonyl (C=O) groups is 1. The fraction of sp³-hybridized carbons (Fsp3) is 0.533. The van der Waals surface area contributed by atoms with Gasteiger partial charge in [-0.1, -0.05) is 18.2 Å². The summed E-state index contributed by atoms with van der Waals surface area (Å²) < 4.78 is 10.4. The van der Waals surface area contributed by atoms with Crippen LogP contribution < -0.4 is 10.1 Å². The lowest BCUT2D eigenvalue weighted by Gasteiger charge is -2.13. The zero-order valence-corrected chi connectivity index (χ0v) is 12.3. The predicted octanol–water partition coefficient (Wildman–Crippen LogP) is 1.20. The second-order valence-electron chi connectivity index (χ2n) is 4.73. The first-order valence-electron chi connectivity index (χ1n) is 6.67. The van der Waals surface area contributed by atoms with Crippen LogP contribution >= 0.6 is 0 Å². The Hall–Kier alpha value is -1.59. The molecule has 2 N–H and O–H groups in total. The molecule has 0 aliphatic carbocycles. The topological polar surface area (TPSA) is 67.8 Å². The van der Waals surface area contributed by atoms with E-state index in [0.717, 1.165) is 16.9 Å². The van der Waals surface area contributed by atoms with E-state index in [0.29, 0.717) is 6.61 Å². The number of carbonyl (C=O) groups excluding carboxylic acids is 1. The highest BCUT2D eigenvalue weighted by Crippen LogP contribution is 2.22. The molecule has 0 fully saturated rings. The third-order valence-electron chi connectivity index (χ3n) is 2.88. The zero-order chi connectivity index (χ0) is 15.0. The quantitative estimate of drug-likeness (QED) is 0.751. The summed E-state index contributed by atoms with van der Waals surface area (Å²) in [5.41, 5.74) is 2.11. The molecule has 0 radical (unpaired) electrons. The Kier molecular flexibility index (Phi) is 7.04. The molecule has 0 saturated heterocycles. The van der Waals surface area contributed by atoms with E-state index < -0.39 is 6.10 Å². The van der Waals surface area contributed by atoms with Crippen molar-refractivity contribution in [1.82, 2.24) is 5.32 Å². The molecule has 1 unspecified atom stereocenters. The molecular weight excluding hydrogens is 258 g/mol. The molecule has 0 aromatic heterocycles. The second-order valence-corrected chi connectivity index (χ2v) is 4.73. The third kappa shape index (κ3) is 5.59. The molecule has 0 spiro atoms. The van der Waals surface area contributed by atoms with Crippen molar-refractivity contribution in [1.29, 1.82) is 0 Å². The Balaban J connectivity index is 2.28. The number of amides is 1. The molecule has 0 aliphatic rings. The number of rotatable bonds is 8. The van der Waals surface area contributed by atoms with Crippen molar-refractivity contribution in [3.63, 3.8) is 0 Å². The van der Waals surface area contributed by atoms with Gasteiger partial charge >= 0.3 is 0 Å². The number of hydrogen-bond acceptors (Lipinski definition) is 4. The van der Waals surface area contributed by atoms with Crippen LogP contribution in [0.3, 0.4) is 0 Å². The summed E-state index contributed by atoms with van der Waals surface area (Å²) in [4.78, 5) is 11.6. The van der Waals surface area contributed by atoms with Gasteiger partial charge in [-0.3, -0.25) is 4.79 Å². The van der Waals surface area contributed by atoms with Gasteiger partial charge in [-0.05, 0) is 25.0 Å². The number of aliphatic hydroxyl groups is 1. The van der Waals surface area contributed by atoms with Crippen LogP contribution in [0.15, 0.2) is 18.2 Å². The maximum Gasteiger partial charge on any atom is 0.223 e. The van der Waals surface area contributed by atoms with Crippen LogP contribution in [-0.4, -0.2) is 44.0 Å². The molecule has 1 rings (SSSR count). The van der Waals surface area contributed by atoms with E-state index in [4.69, 9.17) is 9.47 Å². The molecule has 1 amide bonds. The van der Waals surface area contributed by atoms with Gasteiger partial charge in [-0.2, -0.15) is 0 Å². The van der Waals surface area contributed by atoms with Gasteiger partial charge < -0.3 is 19.9 Å². The largest absolute Gasteiger partial charge is 0.493 e. The van der Waals surface area contributed by atoms with Crippen LogP contribution in [0.5, 0.6) is 5.75 Å². The number of methoxy groups -OCH3 is 1. The average Bonchev–Trinajstić information content (AvgIpc) is 2.40. The van der Waals surface area contributed by atoms with E-state index in [1.54, 1.807) is 0 Å². The molecular formula is C15H23NO4. The average molecular weight is 281 g/mol. The SMILES string of the molecule is COCC(O)CNC(=O)CCOc1c(C)cccc1C. The first kappa shape index (κ1) is 16.5. The molecule has 0 aliphatic heterocycles. The summed E-state index contributed by atoms with van der Waals surface area (Å²) in [6.07, 6.45) is -0.420. The number of ether oxygens (including phenoxy) is 2. The van der Waals surface area contributed by atoms with Crippen LogP contribution in [0, 0.1) is 13.8 Å². The van der Waals surface area contributed by atoms with E-state index in [1.165, 1.54) is 7.11 Å². The summed E-state index contributed by atoms with van der Waals surface area (Å²) in [6, 6.07) is 5.93. The maximum absolute atomic E-state index is 11.6. The van der Waals surface area contributed by atoms with Gasteiger partial charge in [-0.25, -0.2) is 0 Å². The van der Waals surface area contributed by atoms with Crippen molar-refractivity contribution in [3.05, 3.63) is 29.3 Å². The highest BCUT2D eigenvalue weighted by atomic mass is 16.5. The van der Waals surface area contributed by atoms with Crippen LogP contribution in [0.25, 0.3) is 0 Å². The number of aliphatic hydroxyl groups excluding tert-OH is 1. The monoisotopic (exact) mass is 281 g/mol. The molecule has 0 bridgehead atoms. The third-order valence-corrected chi connectivity index (χ3v) is 2.88. The molecule has 5 heteroatoms. The minimum absolute atomic E-state index is 0.147. The van der Waals surface area contributed by atoms with Crippen molar-refractivity contribution < 1.29 is 19.4 Å². The normalized spacial score (nSPS) is 12.0. The first-order chi connectivity index (χ1) is 9.54. The second kappa shape index (κ2) is 8.55. The van der Waals surface area contributed by atoms with Gasteiger partial charge in [0.1, 0.15) is 5.75 Å². The van der Waals surface area contributed by atoms with Crippen molar-refractivity contribution in [2.45, 2.75) is 26.4 Å². The number of para-hydroxylation sites is 1. The fourth-order valence-corrected chi connectivity index (χ4v) is 1.84. The number of nitrogens with one attached hydrogen (secondary N) is 1. The highest BCUT2D eigenvalue weighted by Gasteiger charge is 2.08. The molecule has 1 atom stereocenters. The predicted molar refractivity (Wildman–Crippen MR) is 76.9 cm³/mol. The maximum atomic E-state index is 11.6. The lowest BCUT2D eigenvalue weighted by Crippen LogP contribution is -2.34. The molecule has 112 valence electrons. The molecule has 5 nitrogen and oxygen atoms in total. The lowest BCUT2D eigenvalue weighted by molar-refractivity contribution is -0.122. The Morgan fingerprint density at radius 2 is 2.00 bits per heavy atom. The van der Waals surface area contributed by atoms with Crippen LogP contribution in [0.4, 0.5) is 0 Å². The first-order valence-corrected chi connectivity index (χ1v) is 6.67. The van der Waals surface area contributed by atoms with E-state index in [1.807, 2.05) is 32.0 Å². The zero-order valence-electron chi connectivity index (χ0n) is 12.3. The van der Waals surface area contributed by atoms with Crippen LogP contribution in [0.2, 0.25) is 0 Å². The van der Waals surface area contributed by atoms with Crippen LogP contribution in [0.1, 0.15) is 17.5 Å². The summed E-state index contributed by atoms with van der Waals surface area (Å²) >= 11 is 0. The van der Waals surface area contributed by atoms with Gasteiger partial charge in [0.25, 0.3) is 0 Å². The number of benzene rings is 1. The van der Waals surface area contributed by atoms with Crippen LogP contribution in [-0.2, 0) is 9.53 Å². The van der Waals surface area contributed by atoms with E-state index >= 15 is 0 Å². The summed E-state index contributed by atoms with van der Waals surface area (Å²) in [5.74, 6) is 0.686. The number of aryl methyl sites for hydroxylation is 2. The van der Waals surface area contributed by atoms with Gasteiger partial charge in [0, 0.05) is 13.7 Å². The summed E-state index contributed by atoms with van der Waals surface area (Å²) in [5, 5.41) is 12.0. The van der Waals surface area contributed by atoms with Crippen molar-refractivity contribution in [2.24, 2.45) is 0 Å². The number of hydrogen-bond donors (Lipinski definition) is 2. The van der Waals surface area contributed by atoms with Gasteiger partial charge in [0.05, 0.1) is 25.7 Å². The van der Waals surface area contributed by atoms with E-state index in [9.17, 15) is 9.90 Å². The van der Waals surface area contributed by atoms with Gasteiger partial charge in [0.15, 0.2) is 0 Å². The van der Waals surface area contributed by atoms with Gasteiger partial charge in [-0.15, -0.1) is 0 Å².